The van der Waals surface area contributed by atoms with Crippen LogP contribution in [-0.2, 0) is 4.74 Å². The summed E-state index contributed by atoms with van der Waals surface area (Å²) in [5.74, 6) is -0.387. The molecule has 2 heterocycles. The Hall–Kier alpha value is -2.19. The Morgan fingerprint density at radius 2 is 1.96 bits per heavy atom. The summed E-state index contributed by atoms with van der Waals surface area (Å²) in [6.07, 6.45) is 1.43. The van der Waals surface area contributed by atoms with E-state index in [1.165, 1.54) is 6.07 Å². The number of ether oxygens (including phenoxy) is 1. The SMILES string of the molecule is O=C(c1cccn1-c1cccc(I)c1)N1CCOC(c2ccccc2F)C1. The van der Waals surface area contributed by atoms with Crippen LogP contribution in [0.1, 0.15) is 22.2 Å². The molecule has 0 bridgehead atoms. The number of rotatable bonds is 3. The Bertz CT molecular complexity index is 972. The van der Waals surface area contributed by atoms with E-state index in [9.17, 15) is 9.18 Å². The number of carbonyl (C=O) groups excluding carboxylic acids is 1. The van der Waals surface area contributed by atoms with Crippen LogP contribution in [-0.4, -0.2) is 35.1 Å². The van der Waals surface area contributed by atoms with E-state index in [-0.39, 0.29) is 11.7 Å². The molecule has 2 aromatic carbocycles. The van der Waals surface area contributed by atoms with Crippen LogP contribution in [0.5, 0.6) is 0 Å². The maximum absolute atomic E-state index is 14.1. The minimum atomic E-state index is -0.454. The molecule has 1 amide bonds. The van der Waals surface area contributed by atoms with Gasteiger partial charge in [-0.3, -0.25) is 4.79 Å². The minimum Gasteiger partial charge on any atom is -0.370 e. The fourth-order valence-electron chi connectivity index (χ4n) is 3.33. The van der Waals surface area contributed by atoms with Gasteiger partial charge in [-0.1, -0.05) is 24.3 Å². The van der Waals surface area contributed by atoms with Gasteiger partial charge in [-0.15, -0.1) is 0 Å². The van der Waals surface area contributed by atoms with E-state index in [0.717, 1.165) is 9.26 Å². The molecule has 0 saturated carbocycles. The molecule has 1 aliphatic heterocycles. The first-order valence-electron chi connectivity index (χ1n) is 8.72. The van der Waals surface area contributed by atoms with Gasteiger partial charge in [0.2, 0.25) is 0 Å². The average Bonchev–Trinajstić information content (AvgIpc) is 3.18. The largest absolute Gasteiger partial charge is 0.370 e. The van der Waals surface area contributed by atoms with Crippen molar-refractivity contribution in [3.8, 4) is 5.69 Å². The topological polar surface area (TPSA) is 34.5 Å². The third-order valence-electron chi connectivity index (χ3n) is 4.66. The summed E-state index contributed by atoms with van der Waals surface area (Å²) in [5, 5.41) is 0. The molecule has 1 atom stereocenters. The van der Waals surface area contributed by atoms with E-state index in [0.29, 0.717) is 31.0 Å². The molecule has 0 N–H and O–H groups in total. The summed E-state index contributed by atoms with van der Waals surface area (Å²) < 4.78 is 22.8. The summed E-state index contributed by atoms with van der Waals surface area (Å²) >= 11 is 2.25. The first kappa shape index (κ1) is 18.2. The number of carbonyl (C=O) groups is 1. The maximum atomic E-state index is 14.1. The number of hydrogen-bond donors (Lipinski definition) is 0. The molecule has 3 aromatic rings. The van der Waals surface area contributed by atoms with Gasteiger partial charge >= 0.3 is 0 Å². The lowest BCUT2D eigenvalue weighted by Gasteiger charge is -2.33. The lowest BCUT2D eigenvalue weighted by molar-refractivity contribution is -0.0245. The van der Waals surface area contributed by atoms with Gasteiger partial charge in [-0.25, -0.2) is 4.39 Å². The highest BCUT2D eigenvalue weighted by Gasteiger charge is 2.29. The smallest absolute Gasteiger partial charge is 0.271 e. The highest BCUT2D eigenvalue weighted by Crippen LogP contribution is 2.26. The fourth-order valence-corrected chi connectivity index (χ4v) is 3.85. The second-order valence-corrected chi connectivity index (χ2v) is 7.62. The number of halogens is 2. The van der Waals surface area contributed by atoms with Crippen molar-refractivity contribution < 1.29 is 13.9 Å². The van der Waals surface area contributed by atoms with Crippen LogP contribution in [0.4, 0.5) is 4.39 Å². The van der Waals surface area contributed by atoms with Crippen LogP contribution in [0.25, 0.3) is 5.69 Å². The van der Waals surface area contributed by atoms with Crippen molar-refractivity contribution in [1.82, 2.24) is 9.47 Å². The first-order valence-corrected chi connectivity index (χ1v) is 9.80. The van der Waals surface area contributed by atoms with Gasteiger partial charge in [-0.05, 0) is 59.0 Å². The normalized spacial score (nSPS) is 17.1. The van der Waals surface area contributed by atoms with Crippen molar-refractivity contribution in [2.45, 2.75) is 6.10 Å². The molecule has 4 rings (SSSR count). The molecule has 138 valence electrons. The number of morpholine rings is 1. The molecule has 1 saturated heterocycles. The van der Waals surface area contributed by atoms with Gasteiger partial charge in [0.25, 0.3) is 5.91 Å². The number of nitrogens with zero attached hydrogens (tertiary/aromatic N) is 2. The molecule has 6 heteroatoms. The third-order valence-corrected chi connectivity index (χ3v) is 5.33. The summed E-state index contributed by atoms with van der Waals surface area (Å²) in [5.41, 5.74) is 2.02. The monoisotopic (exact) mass is 476 g/mol. The van der Waals surface area contributed by atoms with Crippen molar-refractivity contribution in [2.75, 3.05) is 19.7 Å². The van der Waals surface area contributed by atoms with Crippen LogP contribution in [0.3, 0.4) is 0 Å². The van der Waals surface area contributed by atoms with E-state index < -0.39 is 6.10 Å². The van der Waals surface area contributed by atoms with E-state index in [2.05, 4.69) is 22.6 Å². The van der Waals surface area contributed by atoms with Crippen molar-refractivity contribution in [1.29, 1.82) is 0 Å². The van der Waals surface area contributed by atoms with Crippen LogP contribution in [0, 0.1) is 9.39 Å². The Kier molecular flexibility index (Phi) is 5.27. The van der Waals surface area contributed by atoms with Gasteiger partial charge in [0.15, 0.2) is 0 Å². The zero-order valence-corrected chi connectivity index (χ0v) is 16.7. The van der Waals surface area contributed by atoms with Crippen LogP contribution >= 0.6 is 22.6 Å². The fraction of sp³-hybridized carbons (Fsp3) is 0.190. The molecule has 1 unspecified atom stereocenters. The Labute approximate surface area is 170 Å². The second-order valence-electron chi connectivity index (χ2n) is 6.38. The molecule has 0 radical (unpaired) electrons. The summed E-state index contributed by atoms with van der Waals surface area (Å²) in [6, 6.07) is 18.2. The van der Waals surface area contributed by atoms with Crippen LogP contribution in [0.2, 0.25) is 0 Å². The van der Waals surface area contributed by atoms with E-state index >= 15 is 0 Å². The zero-order valence-electron chi connectivity index (χ0n) is 14.5. The zero-order chi connectivity index (χ0) is 18.8. The van der Waals surface area contributed by atoms with E-state index in [1.54, 1.807) is 23.1 Å². The summed E-state index contributed by atoms with van der Waals surface area (Å²) in [7, 11) is 0. The maximum Gasteiger partial charge on any atom is 0.271 e. The molecule has 1 aliphatic rings. The van der Waals surface area contributed by atoms with E-state index in [1.807, 2.05) is 47.2 Å². The molecular formula is C21H18FIN2O2. The van der Waals surface area contributed by atoms with Gasteiger partial charge in [0, 0.05) is 27.6 Å². The second kappa shape index (κ2) is 7.82. The Balaban J connectivity index is 1.59. The van der Waals surface area contributed by atoms with Crippen molar-refractivity contribution in [3.05, 3.63) is 87.5 Å². The predicted molar refractivity (Wildman–Crippen MR) is 109 cm³/mol. The highest BCUT2D eigenvalue weighted by atomic mass is 127. The van der Waals surface area contributed by atoms with Gasteiger partial charge in [0.1, 0.15) is 17.6 Å². The lowest BCUT2D eigenvalue weighted by Crippen LogP contribution is -2.43. The van der Waals surface area contributed by atoms with Gasteiger partial charge in [-0.2, -0.15) is 0 Å². The van der Waals surface area contributed by atoms with Gasteiger partial charge in [0.05, 0.1) is 13.2 Å². The van der Waals surface area contributed by atoms with Crippen molar-refractivity contribution >= 4 is 28.5 Å². The molecule has 4 nitrogen and oxygen atoms in total. The minimum absolute atomic E-state index is 0.0801. The quantitative estimate of drug-likeness (QED) is 0.525. The van der Waals surface area contributed by atoms with Crippen molar-refractivity contribution in [3.63, 3.8) is 0 Å². The van der Waals surface area contributed by atoms with Crippen molar-refractivity contribution in [2.24, 2.45) is 0 Å². The number of aromatic nitrogens is 1. The molecule has 1 fully saturated rings. The molecule has 1 aromatic heterocycles. The van der Waals surface area contributed by atoms with Gasteiger partial charge < -0.3 is 14.2 Å². The molecule has 27 heavy (non-hydrogen) atoms. The lowest BCUT2D eigenvalue weighted by atomic mass is 10.1. The van der Waals surface area contributed by atoms with E-state index in [4.69, 9.17) is 4.74 Å². The number of hydrogen-bond acceptors (Lipinski definition) is 2. The Morgan fingerprint density at radius 1 is 1.11 bits per heavy atom. The third kappa shape index (κ3) is 3.77. The number of amides is 1. The van der Waals surface area contributed by atoms with Crippen LogP contribution in [0.15, 0.2) is 66.9 Å². The first-order chi connectivity index (χ1) is 13.1. The molecular weight excluding hydrogens is 458 g/mol. The summed E-state index contributed by atoms with van der Waals surface area (Å²) in [6.45, 7) is 1.20. The highest BCUT2D eigenvalue weighted by molar-refractivity contribution is 14.1. The number of benzene rings is 2. The van der Waals surface area contributed by atoms with Crippen LogP contribution < -0.4 is 0 Å². The average molecular weight is 476 g/mol. The summed E-state index contributed by atoms with van der Waals surface area (Å²) in [4.78, 5) is 14.9. The predicted octanol–water partition coefficient (Wildman–Crippen LogP) is 4.43. The standard InChI is InChI=1S/C21H18FIN2O2/c22-18-8-2-1-7-17(18)20-14-24(11-12-27-20)21(26)19-9-4-10-25(19)16-6-3-5-15(23)13-16/h1-10,13,20H,11-12,14H2. The molecule has 0 spiro atoms. The molecule has 0 aliphatic carbocycles. The Morgan fingerprint density at radius 3 is 2.78 bits per heavy atom.